The molecule has 2 rings (SSSR count). The van der Waals surface area contributed by atoms with E-state index in [0.29, 0.717) is 17.6 Å². The average molecular weight is 267 g/mol. The molecule has 0 aliphatic carbocycles. The van der Waals surface area contributed by atoms with Gasteiger partial charge in [0.15, 0.2) is 5.22 Å². The Kier molecular flexibility index (Phi) is 4.28. The lowest BCUT2D eigenvalue weighted by molar-refractivity contribution is 0.190. The normalized spacial score (nSPS) is 12.4. The van der Waals surface area contributed by atoms with Crippen molar-refractivity contribution in [2.75, 3.05) is 13.2 Å². The lowest BCUT2D eigenvalue weighted by atomic mass is 10.1. The van der Waals surface area contributed by atoms with Crippen molar-refractivity contribution in [3.8, 4) is 5.75 Å². The fraction of sp³-hybridized carbons (Fsp3) is 0.286. The van der Waals surface area contributed by atoms with E-state index in [9.17, 15) is 5.11 Å². The molecule has 3 nitrogen and oxygen atoms in total. The molecule has 0 aliphatic rings. The molecule has 0 spiro atoms. The molecule has 0 bridgehead atoms. The van der Waals surface area contributed by atoms with Crippen molar-refractivity contribution in [3.05, 3.63) is 52.9 Å². The van der Waals surface area contributed by atoms with Gasteiger partial charge in [-0.1, -0.05) is 12.1 Å². The van der Waals surface area contributed by atoms with Crippen molar-refractivity contribution in [1.29, 1.82) is 0 Å². The van der Waals surface area contributed by atoms with Crippen LogP contribution in [0.3, 0.4) is 0 Å². The van der Waals surface area contributed by atoms with E-state index in [1.807, 2.05) is 31.2 Å². The van der Waals surface area contributed by atoms with Gasteiger partial charge in [0.2, 0.25) is 0 Å². The third-order valence-electron chi connectivity index (χ3n) is 2.66. The summed E-state index contributed by atoms with van der Waals surface area (Å²) in [7, 11) is 0. The minimum absolute atomic E-state index is 0.0460. The van der Waals surface area contributed by atoms with Crippen LogP contribution in [0.2, 0.25) is 5.22 Å². The quantitative estimate of drug-likeness (QED) is 0.902. The molecule has 0 amide bonds. The maximum absolute atomic E-state index is 9.34. The maximum atomic E-state index is 9.34. The Bertz CT molecular complexity index is 507. The van der Waals surface area contributed by atoms with Gasteiger partial charge in [-0.15, -0.1) is 0 Å². The number of halogens is 1. The number of ether oxygens (including phenoxy) is 1. The van der Waals surface area contributed by atoms with E-state index in [2.05, 4.69) is 0 Å². The number of hydrogen-bond acceptors (Lipinski definition) is 3. The number of benzene rings is 1. The molecule has 2 aromatic rings. The van der Waals surface area contributed by atoms with E-state index < -0.39 is 0 Å². The number of aliphatic hydroxyl groups excluding tert-OH is 1. The zero-order valence-electron chi connectivity index (χ0n) is 10.1. The van der Waals surface area contributed by atoms with Gasteiger partial charge in [0, 0.05) is 0 Å². The molecule has 1 heterocycles. The van der Waals surface area contributed by atoms with Gasteiger partial charge in [0.1, 0.15) is 18.1 Å². The maximum Gasteiger partial charge on any atom is 0.193 e. The van der Waals surface area contributed by atoms with Crippen molar-refractivity contribution in [2.45, 2.75) is 12.8 Å². The largest absolute Gasteiger partial charge is 0.493 e. The van der Waals surface area contributed by atoms with E-state index in [1.165, 1.54) is 0 Å². The summed E-state index contributed by atoms with van der Waals surface area (Å²) in [6, 6.07) is 11.2. The van der Waals surface area contributed by atoms with Gasteiger partial charge >= 0.3 is 0 Å². The van der Waals surface area contributed by atoms with Gasteiger partial charge in [-0.05, 0) is 48.4 Å². The summed E-state index contributed by atoms with van der Waals surface area (Å²) in [6.45, 7) is 2.31. The van der Waals surface area contributed by atoms with Gasteiger partial charge in [-0.2, -0.15) is 0 Å². The van der Waals surface area contributed by atoms with Crippen LogP contribution in [-0.4, -0.2) is 18.3 Å². The second-order valence-electron chi connectivity index (χ2n) is 4.15. The smallest absolute Gasteiger partial charge is 0.193 e. The number of hydrogen-bond donors (Lipinski definition) is 1. The molecule has 96 valence electrons. The van der Waals surface area contributed by atoms with Gasteiger partial charge in [-0.3, -0.25) is 0 Å². The van der Waals surface area contributed by atoms with Crippen LogP contribution in [0.1, 0.15) is 17.2 Å². The molecular formula is C14H15ClO3. The van der Waals surface area contributed by atoms with Crippen LogP contribution in [0, 0.1) is 6.92 Å². The first kappa shape index (κ1) is 13.0. The molecule has 1 N–H and O–H groups in total. The molecule has 0 saturated carbocycles. The zero-order chi connectivity index (χ0) is 13.0. The summed E-state index contributed by atoms with van der Waals surface area (Å²) in [5, 5.41) is 9.66. The highest BCUT2D eigenvalue weighted by molar-refractivity contribution is 6.28. The first-order valence-electron chi connectivity index (χ1n) is 5.74. The highest BCUT2D eigenvalue weighted by Crippen LogP contribution is 2.23. The summed E-state index contributed by atoms with van der Waals surface area (Å²) in [5.41, 5.74) is 1.13. The molecule has 0 aliphatic heterocycles. The summed E-state index contributed by atoms with van der Waals surface area (Å²) >= 11 is 5.71. The SMILES string of the molecule is Cc1cccc(OCC(CO)c2ccc(Cl)o2)c1. The molecule has 0 radical (unpaired) electrons. The fourth-order valence-electron chi connectivity index (χ4n) is 1.67. The summed E-state index contributed by atoms with van der Waals surface area (Å²) in [5.74, 6) is 1.21. The van der Waals surface area contributed by atoms with Crippen LogP contribution in [0.4, 0.5) is 0 Å². The van der Waals surface area contributed by atoms with Crippen LogP contribution < -0.4 is 4.74 Å². The van der Waals surface area contributed by atoms with E-state index in [4.69, 9.17) is 20.8 Å². The summed E-state index contributed by atoms with van der Waals surface area (Å²) in [4.78, 5) is 0. The van der Waals surface area contributed by atoms with Crippen LogP contribution in [0.15, 0.2) is 40.8 Å². The van der Waals surface area contributed by atoms with Crippen molar-refractivity contribution < 1.29 is 14.3 Å². The van der Waals surface area contributed by atoms with Gasteiger partial charge in [0.05, 0.1) is 12.5 Å². The summed E-state index contributed by atoms with van der Waals surface area (Å²) < 4.78 is 10.9. The number of rotatable bonds is 5. The third-order valence-corrected chi connectivity index (χ3v) is 2.86. The second-order valence-corrected chi connectivity index (χ2v) is 4.52. The Labute approximate surface area is 111 Å². The molecule has 4 heteroatoms. The van der Waals surface area contributed by atoms with Crippen LogP contribution in [-0.2, 0) is 0 Å². The minimum atomic E-state index is -0.210. The first-order valence-corrected chi connectivity index (χ1v) is 6.12. The van der Waals surface area contributed by atoms with Gasteiger partial charge < -0.3 is 14.3 Å². The Morgan fingerprint density at radius 1 is 1.33 bits per heavy atom. The number of aliphatic hydroxyl groups is 1. The molecule has 1 unspecified atom stereocenters. The number of furan rings is 1. The summed E-state index contributed by atoms with van der Waals surface area (Å²) in [6.07, 6.45) is 0. The Morgan fingerprint density at radius 3 is 2.78 bits per heavy atom. The van der Waals surface area contributed by atoms with Crippen molar-refractivity contribution in [1.82, 2.24) is 0 Å². The van der Waals surface area contributed by atoms with E-state index >= 15 is 0 Å². The van der Waals surface area contributed by atoms with Crippen LogP contribution in [0.25, 0.3) is 0 Å². The average Bonchev–Trinajstić information content (AvgIpc) is 2.77. The first-order chi connectivity index (χ1) is 8.69. The molecule has 1 aromatic carbocycles. The van der Waals surface area contributed by atoms with Gasteiger partial charge in [-0.25, -0.2) is 0 Å². The monoisotopic (exact) mass is 266 g/mol. The predicted molar refractivity (Wildman–Crippen MR) is 70.2 cm³/mol. The number of aryl methyl sites for hydroxylation is 1. The highest BCUT2D eigenvalue weighted by atomic mass is 35.5. The van der Waals surface area contributed by atoms with Gasteiger partial charge in [0.25, 0.3) is 0 Å². The third kappa shape index (κ3) is 3.28. The van der Waals surface area contributed by atoms with Crippen LogP contribution in [0.5, 0.6) is 5.75 Å². The van der Waals surface area contributed by atoms with E-state index in [-0.39, 0.29) is 12.5 Å². The molecule has 1 aromatic heterocycles. The molecular weight excluding hydrogens is 252 g/mol. The van der Waals surface area contributed by atoms with E-state index in [0.717, 1.165) is 11.3 Å². The van der Waals surface area contributed by atoms with Crippen molar-refractivity contribution in [2.24, 2.45) is 0 Å². The predicted octanol–water partition coefficient (Wildman–Crippen LogP) is 3.40. The van der Waals surface area contributed by atoms with E-state index in [1.54, 1.807) is 12.1 Å². The fourth-order valence-corrected chi connectivity index (χ4v) is 1.83. The zero-order valence-corrected chi connectivity index (χ0v) is 10.9. The lowest BCUT2D eigenvalue weighted by Gasteiger charge is -2.13. The topological polar surface area (TPSA) is 42.6 Å². The second kappa shape index (κ2) is 5.94. The van der Waals surface area contributed by atoms with Crippen molar-refractivity contribution in [3.63, 3.8) is 0 Å². The Morgan fingerprint density at radius 2 is 2.17 bits per heavy atom. The standard InChI is InChI=1S/C14H15ClO3/c1-10-3-2-4-12(7-10)17-9-11(8-16)13-5-6-14(15)18-13/h2-7,11,16H,8-9H2,1H3. The molecule has 0 fully saturated rings. The molecule has 1 atom stereocenters. The molecule has 0 saturated heterocycles. The van der Waals surface area contributed by atoms with Crippen molar-refractivity contribution >= 4 is 11.6 Å². The Balaban J connectivity index is 1.99. The highest BCUT2D eigenvalue weighted by Gasteiger charge is 2.15. The van der Waals surface area contributed by atoms with Crippen LogP contribution >= 0.6 is 11.6 Å². The lowest BCUT2D eigenvalue weighted by Crippen LogP contribution is -2.13. The Hall–Kier alpha value is -1.45. The molecule has 18 heavy (non-hydrogen) atoms. The minimum Gasteiger partial charge on any atom is -0.493 e.